The number of halogens is 1. The van der Waals surface area contributed by atoms with E-state index in [9.17, 15) is 9.50 Å². The lowest BCUT2D eigenvalue weighted by molar-refractivity contribution is -0.0216. The highest BCUT2D eigenvalue weighted by Gasteiger charge is 2.33. The molecule has 3 N–H and O–H groups in total. The van der Waals surface area contributed by atoms with Gasteiger partial charge in [-0.25, -0.2) is 4.39 Å². The van der Waals surface area contributed by atoms with Crippen LogP contribution >= 0.6 is 0 Å². The standard InChI is InChI=1S/C9H20FNO/c1-6(8(3)10)7(2)9(4,12)5-11/h6-8,12H,5,11H2,1-4H3/t6?,7?,8-,9?/m0/s1. The zero-order valence-corrected chi connectivity index (χ0v) is 8.34. The molecule has 0 saturated carbocycles. The van der Waals surface area contributed by atoms with E-state index in [1.54, 1.807) is 13.8 Å². The molecule has 0 amide bonds. The fourth-order valence-corrected chi connectivity index (χ4v) is 1.15. The Balaban J connectivity index is 4.27. The van der Waals surface area contributed by atoms with E-state index >= 15 is 0 Å². The van der Waals surface area contributed by atoms with E-state index in [0.29, 0.717) is 0 Å². The first kappa shape index (κ1) is 11.8. The molecule has 0 aromatic heterocycles. The Kier molecular flexibility index (Phi) is 4.14. The summed E-state index contributed by atoms with van der Waals surface area (Å²) in [5.74, 6) is -0.286. The van der Waals surface area contributed by atoms with Gasteiger partial charge < -0.3 is 10.8 Å². The highest BCUT2D eigenvalue weighted by molar-refractivity contribution is 4.84. The number of alkyl halides is 1. The first-order valence-corrected chi connectivity index (χ1v) is 4.39. The second kappa shape index (κ2) is 4.19. The number of nitrogens with two attached hydrogens (primary N) is 1. The monoisotopic (exact) mass is 177 g/mol. The van der Waals surface area contributed by atoms with Gasteiger partial charge in [0.15, 0.2) is 0 Å². The summed E-state index contributed by atoms with van der Waals surface area (Å²) < 4.78 is 12.9. The molecule has 0 fully saturated rings. The van der Waals surface area contributed by atoms with Crippen molar-refractivity contribution in [3.8, 4) is 0 Å². The van der Waals surface area contributed by atoms with E-state index in [-0.39, 0.29) is 18.4 Å². The molecule has 0 aromatic rings. The van der Waals surface area contributed by atoms with Crippen LogP contribution in [0.2, 0.25) is 0 Å². The van der Waals surface area contributed by atoms with Crippen LogP contribution in [-0.4, -0.2) is 23.4 Å². The van der Waals surface area contributed by atoms with Crippen LogP contribution in [0.3, 0.4) is 0 Å². The molecule has 12 heavy (non-hydrogen) atoms. The van der Waals surface area contributed by atoms with Gasteiger partial charge in [-0.05, 0) is 25.7 Å². The number of hydrogen-bond donors (Lipinski definition) is 2. The second-order valence-electron chi connectivity index (χ2n) is 3.89. The normalized spacial score (nSPS) is 24.2. The lowest BCUT2D eigenvalue weighted by atomic mass is 9.79. The summed E-state index contributed by atoms with van der Waals surface area (Å²) in [4.78, 5) is 0. The largest absolute Gasteiger partial charge is 0.389 e. The molecule has 0 aliphatic heterocycles. The third-order valence-corrected chi connectivity index (χ3v) is 2.91. The van der Waals surface area contributed by atoms with Gasteiger partial charge in [-0.3, -0.25) is 0 Å². The first-order chi connectivity index (χ1) is 5.33. The van der Waals surface area contributed by atoms with Gasteiger partial charge in [0.1, 0.15) is 6.17 Å². The van der Waals surface area contributed by atoms with Gasteiger partial charge in [0.05, 0.1) is 5.60 Å². The molecule has 0 spiro atoms. The summed E-state index contributed by atoms with van der Waals surface area (Å²) in [5.41, 5.74) is 4.41. The molecule has 0 rings (SSSR count). The van der Waals surface area contributed by atoms with Crippen molar-refractivity contribution in [2.24, 2.45) is 17.6 Å². The van der Waals surface area contributed by atoms with Crippen LogP contribution in [0.5, 0.6) is 0 Å². The van der Waals surface area contributed by atoms with Crippen molar-refractivity contribution in [1.29, 1.82) is 0 Å². The van der Waals surface area contributed by atoms with E-state index in [1.165, 1.54) is 6.92 Å². The van der Waals surface area contributed by atoms with Crippen molar-refractivity contribution in [2.45, 2.75) is 39.5 Å². The summed E-state index contributed by atoms with van der Waals surface area (Å²) in [6.07, 6.45) is -0.905. The zero-order valence-electron chi connectivity index (χ0n) is 8.34. The van der Waals surface area contributed by atoms with E-state index in [1.807, 2.05) is 6.92 Å². The summed E-state index contributed by atoms with van der Waals surface area (Å²) in [6, 6.07) is 0. The number of aliphatic hydroxyl groups is 1. The Morgan fingerprint density at radius 3 is 2.08 bits per heavy atom. The third-order valence-electron chi connectivity index (χ3n) is 2.91. The smallest absolute Gasteiger partial charge is 0.100 e. The van der Waals surface area contributed by atoms with Gasteiger partial charge in [0.2, 0.25) is 0 Å². The molecular weight excluding hydrogens is 157 g/mol. The van der Waals surface area contributed by atoms with Crippen molar-refractivity contribution in [2.75, 3.05) is 6.54 Å². The summed E-state index contributed by atoms with van der Waals surface area (Å²) in [7, 11) is 0. The Morgan fingerprint density at radius 1 is 1.42 bits per heavy atom. The molecule has 3 heteroatoms. The zero-order chi connectivity index (χ0) is 9.94. The number of hydrogen-bond acceptors (Lipinski definition) is 2. The SMILES string of the molecule is CC(C(C)C(C)(O)CN)[C@H](C)F. The molecule has 0 saturated heterocycles. The molecule has 0 radical (unpaired) electrons. The van der Waals surface area contributed by atoms with Crippen molar-refractivity contribution in [3.05, 3.63) is 0 Å². The van der Waals surface area contributed by atoms with Crippen LogP contribution in [0, 0.1) is 11.8 Å². The maximum absolute atomic E-state index is 12.9. The molecular formula is C9H20FNO. The fraction of sp³-hybridized carbons (Fsp3) is 1.00. The van der Waals surface area contributed by atoms with Crippen molar-refractivity contribution >= 4 is 0 Å². The molecule has 3 unspecified atom stereocenters. The minimum atomic E-state index is -0.959. The molecule has 2 nitrogen and oxygen atoms in total. The summed E-state index contributed by atoms with van der Waals surface area (Å²) >= 11 is 0. The third kappa shape index (κ3) is 2.72. The first-order valence-electron chi connectivity index (χ1n) is 4.39. The average Bonchev–Trinajstić information content (AvgIpc) is 2.01. The summed E-state index contributed by atoms with van der Waals surface area (Å²) in [6.45, 7) is 6.95. The molecule has 74 valence electrons. The van der Waals surface area contributed by atoms with Gasteiger partial charge >= 0.3 is 0 Å². The van der Waals surface area contributed by atoms with Gasteiger partial charge in [0, 0.05) is 6.54 Å². The van der Waals surface area contributed by atoms with Crippen LogP contribution in [0.4, 0.5) is 4.39 Å². The van der Waals surface area contributed by atoms with Crippen molar-refractivity contribution in [1.82, 2.24) is 0 Å². The molecule has 0 aliphatic rings. The van der Waals surface area contributed by atoms with Gasteiger partial charge in [-0.1, -0.05) is 13.8 Å². The minimum absolute atomic E-state index is 0.123. The number of rotatable bonds is 4. The Hall–Kier alpha value is -0.150. The van der Waals surface area contributed by atoms with E-state index < -0.39 is 11.8 Å². The van der Waals surface area contributed by atoms with E-state index in [0.717, 1.165) is 0 Å². The second-order valence-corrected chi connectivity index (χ2v) is 3.89. The predicted octanol–water partition coefficient (Wildman–Crippen LogP) is 1.33. The van der Waals surface area contributed by atoms with Gasteiger partial charge in [0.25, 0.3) is 0 Å². The quantitative estimate of drug-likeness (QED) is 0.680. The highest BCUT2D eigenvalue weighted by atomic mass is 19.1. The van der Waals surface area contributed by atoms with Crippen LogP contribution in [0.25, 0.3) is 0 Å². The predicted molar refractivity (Wildman–Crippen MR) is 48.6 cm³/mol. The van der Waals surface area contributed by atoms with Crippen LogP contribution in [-0.2, 0) is 0 Å². The van der Waals surface area contributed by atoms with Crippen LogP contribution in [0.15, 0.2) is 0 Å². The summed E-state index contributed by atoms with van der Waals surface area (Å²) in [5, 5.41) is 9.72. The lowest BCUT2D eigenvalue weighted by Crippen LogP contribution is -2.45. The van der Waals surface area contributed by atoms with E-state index in [2.05, 4.69) is 0 Å². The van der Waals surface area contributed by atoms with Gasteiger partial charge in [-0.2, -0.15) is 0 Å². The molecule has 0 aromatic carbocycles. The molecule has 0 bridgehead atoms. The topological polar surface area (TPSA) is 46.2 Å². The van der Waals surface area contributed by atoms with Crippen molar-refractivity contribution < 1.29 is 9.50 Å². The Labute approximate surface area is 74.0 Å². The molecule has 0 aliphatic carbocycles. The maximum atomic E-state index is 12.9. The fourth-order valence-electron chi connectivity index (χ4n) is 1.15. The molecule has 0 heterocycles. The maximum Gasteiger partial charge on any atom is 0.100 e. The van der Waals surface area contributed by atoms with E-state index in [4.69, 9.17) is 5.73 Å². The molecule has 4 atom stereocenters. The van der Waals surface area contributed by atoms with Crippen LogP contribution in [0.1, 0.15) is 27.7 Å². The Bertz CT molecular complexity index is 136. The van der Waals surface area contributed by atoms with Crippen LogP contribution < -0.4 is 5.73 Å². The van der Waals surface area contributed by atoms with Crippen molar-refractivity contribution in [3.63, 3.8) is 0 Å². The Morgan fingerprint density at radius 2 is 1.83 bits per heavy atom. The lowest BCUT2D eigenvalue weighted by Gasteiger charge is -2.34. The highest BCUT2D eigenvalue weighted by Crippen LogP contribution is 2.27. The minimum Gasteiger partial charge on any atom is -0.389 e. The average molecular weight is 177 g/mol. The van der Waals surface area contributed by atoms with Gasteiger partial charge in [-0.15, -0.1) is 0 Å².